The van der Waals surface area contributed by atoms with Gasteiger partial charge in [0.25, 0.3) is 0 Å². The van der Waals surface area contributed by atoms with Gasteiger partial charge in [-0.05, 0) is 37.9 Å². The van der Waals surface area contributed by atoms with E-state index in [2.05, 4.69) is 48.1 Å². The first-order chi connectivity index (χ1) is 9.72. The minimum atomic E-state index is 0.474. The summed E-state index contributed by atoms with van der Waals surface area (Å²) >= 11 is 0. The van der Waals surface area contributed by atoms with Crippen LogP contribution < -0.4 is 10.2 Å². The fraction of sp³-hybridized carbons (Fsp3) is 0.688. The van der Waals surface area contributed by atoms with Crippen molar-refractivity contribution in [2.75, 3.05) is 31.7 Å². The topological polar surface area (TPSA) is 37.4 Å². The van der Waals surface area contributed by atoms with E-state index in [1.807, 2.05) is 6.20 Å². The molecule has 1 atom stereocenters. The second kappa shape index (κ2) is 9.72. The molecule has 1 unspecified atom stereocenters. The maximum Gasteiger partial charge on any atom is 0.128 e. The van der Waals surface area contributed by atoms with Gasteiger partial charge in [-0.1, -0.05) is 19.9 Å². The molecule has 1 aromatic rings. The summed E-state index contributed by atoms with van der Waals surface area (Å²) in [5.41, 5.74) is 1.23. The highest BCUT2D eigenvalue weighted by molar-refractivity contribution is 5.40. The van der Waals surface area contributed by atoms with E-state index in [9.17, 15) is 0 Å². The van der Waals surface area contributed by atoms with Crippen LogP contribution >= 0.6 is 0 Å². The number of methoxy groups -OCH3 is 1. The monoisotopic (exact) mass is 279 g/mol. The lowest BCUT2D eigenvalue weighted by atomic mass is 10.2. The molecule has 4 heteroatoms. The largest absolute Gasteiger partial charge is 0.383 e. The van der Waals surface area contributed by atoms with Crippen LogP contribution in [0.25, 0.3) is 0 Å². The molecule has 0 bridgehead atoms. The van der Waals surface area contributed by atoms with Gasteiger partial charge in [-0.15, -0.1) is 0 Å². The van der Waals surface area contributed by atoms with Gasteiger partial charge in [-0.25, -0.2) is 4.98 Å². The van der Waals surface area contributed by atoms with Crippen molar-refractivity contribution in [3.8, 4) is 0 Å². The molecule has 0 saturated heterocycles. The van der Waals surface area contributed by atoms with Crippen molar-refractivity contribution in [2.45, 2.75) is 46.2 Å². The molecule has 0 aliphatic carbocycles. The summed E-state index contributed by atoms with van der Waals surface area (Å²) in [6.45, 7) is 10.2. The van der Waals surface area contributed by atoms with Crippen LogP contribution in [0.3, 0.4) is 0 Å². The molecule has 0 aliphatic rings. The van der Waals surface area contributed by atoms with Crippen LogP contribution in [0.2, 0.25) is 0 Å². The molecule has 0 amide bonds. The van der Waals surface area contributed by atoms with E-state index in [4.69, 9.17) is 4.74 Å². The van der Waals surface area contributed by atoms with Crippen molar-refractivity contribution < 1.29 is 4.74 Å². The number of hydrogen-bond donors (Lipinski definition) is 1. The van der Waals surface area contributed by atoms with Crippen molar-refractivity contribution in [3.05, 3.63) is 23.9 Å². The Morgan fingerprint density at radius 1 is 1.35 bits per heavy atom. The van der Waals surface area contributed by atoms with Gasteiger partial charge in [0.15, 0.2) is 0 Å². The molecule has 0 aliphatic heterocycles. The van der Waals surface area contributed by atoms with Gasteiger partial charge in [0.2, 0.25) is 0 Å². The number of anilines is 1. The Balaban J connectivity index is 2.66. The van der Waals surface area contributed by atoms with Crippen molar-refractivity contribution in [3.63, 3.8) is 0 Å². The molecule has 0 radical (unpaired) electrons. The molecular weight excluding hydrogens is 250 g/mol. The maximum absolute atomic E-state index is 5.20. The Bertz CT molecular complexity index is 353. The average molecular weight is 279 g/mol. The Kier molecular flexibility index (Phi) is 8.23. The van der Waals surface area contributed by atoms with Crippen molar-refractivity contribution in [2.24, 2.45) is 0 Å². The molecule has 0 spiro atoms. The molecular formula is C16H29N3O. The summed E-state index contributed by atoms with van der Waals surface area (Å²) in [5.74, 6) is 1.04. The third kappa shape index (κ3) is 5.47. The minimum Gasteiger partial charge on any atom is -0.383 e. The van der Waals surface area contributed by atoms with E-state index in [0.717, 1.165) is 44.9 Å². The molecule has 114 valence electrons. The number of pyridine rings is 1. The molecule has 0 aromatic carbocycles. The first kappa shape index (κ1) is 16.9. The molecule has 1 heterocycles. The smallest absolute Gasteiger partial charge is 0.128 e. The Morgan fingerprint density at radius 3 is 2.70 bits per heavy atom. The predicted molar refractivity (Wildman–Crippen MR) is 85.2 cm³/mol. The third-order valence-electron chi connectivity index (χ3n) is 3.52. The standard InChI is InChI=1S/C16H29N3O/c1-5-9-17-12-15-7-8-16(18-13-15)19(10-11-20-4)14(3)6-2/h7-8,13-14,17H,5-6,9-12H2,1-4H3. The Morgan fingerprint density at radius 2 is 2.15 bits per heavy atom. The second-order valence-electron chi connectivity index (χ2n) is 5.14. The number of rotatable bonds is 10. The molecule has 0 saturated carbocycles. The highest BCUT2D eigenvalue weighted by Gasteiger charge is 2.13. The lowest BCUT2D eigenvalue weighted by molar-refractivity contribution is 0.203. The molecule has 0 fully saturated rings. The normalized spacial score (nSPS) is 12.4. The molecule has 1 rings (SSSR count). The number of aromatic nitrogens is 1. The van der Waals surface area contributed by atoms with Crippen LogP contribution in [0.5, 0.6) is 0 Å². The number of ether oxygens (including phenoxy) is 1. The van der Waals surface area contributed by atoms with E-state index in [1.165, 1.54) is 5.56 Å². The predicted octanol–water partition coefficient (Wildman–Crippen LogP) is 2.83. The summed E-state index contributed by atoms with van der Waals surface area (Å²) in [5, 5.41) is 3.39. The molecule has 1 N–H and O–H groups in total. The van der Waals surface area contributed by atoms with E-state index in [-0.39, 0.29) is 0 Å². The number of hydrogen-bond acceptors (Lipinski definition) is 4. The highest BCUT2D eigenvalue weighted by atomic mass is 16.5. The fourth-order valence-corrected chi connectivity index (χ4v) is 2.07. The second-order valence-corrected chi connectivity index (χ2v) is 5.14. The van der Waals surface area contributed by atoms with Crippen LogP contribution in [0.4, 0.5) is 5.82 Å². The Labute approximate surface area is 123 Å². The van der Waals surface area contributed by atoms with Gasteiger partial charge >= 0.3 is 0 Å². The lowest BCUT2D eigenvalue weighted by Crippen LogP contribution is -2.36. The maximum atomic E-state index is 5.20. The fourth-order valence-electron chi connectivity index (χ4n) is 2.07. The van der Waals surface area contributed by atoms with Crippen LogP contribution in [0, 0.1) is 0 Å². The number of nitrogens with zero attached hydrogens (tertiary/aromatic N) is 2. The molecule has 4 nitrogen and oxygen atoms in total. The molecule has 20 heavy (non-hydrogen) atoms. The zero-order chi connectivity index (χ0) is 14.8. The van der Waals surface area contributed by atoms with E-state index < -0.39 is 0 Å². The zero-order valence-corrected chi connectivity index (χ0v) is 13.4. The van der Waals surface area contributed by atoms with Gasteiger partial charge in [0.05, 0.1) is 6.61 Å². The van der Waals surface area contributed by atoms with E-state index >= 15 is 0 Å². The van der Waals surface area contributed by atoms with E-state index in [0.29, 0.717) is 6.04 Å². The van der Waals surface area contributed by atoms with Crippen LogP contribution in [-0.4, -0.2) is 37.8 Å². The SMILES string of the molecule is CCCNCc1ccc(N(CCOC)C(C)CC)nc1. The van der Waals surface area contributed by atoms with Crippen molar-refractivity contribution in [1.29, 1.82) is 0 Å². The van der Waals surface area contributed by atoms with Gasteiger partial charge < -0.3 is 15.0 Å². The van der Waals surface area contributed by atoms with Crippen LogP contribution in [0.15, 0.2) is 18.3 Å². The van der Waals surface area contributed by atoms with Gasteiger partial charge in [-0.3, -0.25) is 0 Å². The summed E-state index contributed by atoms with van der Waals surface area (Å²) in [4.78, 5) is 6.92. The summed E-state index contributed by atoms with van der Waals surface area (Å²) < 4.78 is 5.20. The van der Waals surface area contributed by atoms with Gasteiger partial charge in [-0.2, -0.15) is 0 Å². The lowest BCUT2D eigenvalue weighted by Gasteiger charge is -2.29. The first-order valence-corrected chi connectivity index (χ1v) is 7.64. The van der Waals surface area contributed by atoms with Crippen LogP contribution in [0.1, 0.15) is 39.2 Å². The summed E-state index contributed by atoms with van der Waals surface area (Å²) in [7, 11) is 1.74. The van der Waals surface area contributed by atoms with Crippen molar-refractivity contribution >= 4 is 5.82 Å². The average Bonchev–Trinajstić information content (AvgIpc) is 2.49. The zero-order valence-electron chi connectivity index (χ0n) is 13.4. The molecule has 1 aromatic heterocycles. The third-order valence-corrected chi connectivity index (χ3v) is 3.52. The van der Waals surface area contributed by atoms with Gasteiger partial charge in [0, 0.05) is 32.4 Å². The summed E-state index contributed by atoms with van der Waals surface area (Å²) in [6.07, 6.45) is 4.23. The minimum absolute atomic E-state index is 0.474. The first-order valence-electron chi connectivity index (χ1n) is 7.64. The Hall–Kier alpha value is -1.13. The van der Waals surface area contributed by atoms with Gasteiger partial charge in [0.1, 0.15) is 5.82 Å². The highest BCUT2D eigenvalue weighted by Crippen LogP contribution is 2.16. The number of nitrogens with one attached hydrogen (secondary N) is 1. The quantitative estimate of drug-likeness (QED) is 0.668. The van der Waals surface area contributed by atoms with Crippen molar-refractivity contribution in [1.82, 2.24) is 10.3 Å². The summed E-state index contributed by atoms with van der Waals surface area (Å²) in [6, 6.07) is 4.75. The van der Waals surface area contributed by atoms with E-state index in [1.54, 1.807) is 7.11 Å². The van der Waals surface area contributed by atoms with Crippen LogP contribution in [-0.2, 0) is 11.3 Å².